The Morgan fingerprint density at radius 3 is 2.88 bits per heavy atom. The second kappa shape index (κ2) is 6.32. The van der Waals surface area contributed by atoms with Crippen LogP contribution in [0.2, 0.25) is 0 Å². The number of carbonyl (C=O) groups is 1. The van der Waals surface area contributed by atoms with Gasteiger partial charge in [-0.2, -0.15) is 0 Å². The summed E-state index contributed by atoms with van der Waals surface area (Å²) in [6, 6.07) is 5.35. The number of amides is 1. The van der Waals surface area contributed by atoms with Crippen molar-refractivity contribution in [1.82, 2.24) is 5.32 Å². The second-order valence-electron chi connectivity index (χ2n) is 3.47. The first-order valence-corrected chi connectivity index (χ1v) is 5.13. The lowest BCUT2D eigenvalue weighted by Crippen LogP contribution is -2.18. The van der Waals surface area contributed by atoms with Gasteiger partial charge in [-0.1, -0.05) is 0 Å². The summed E-state index contributed by atoms with van der Waals surface area (Å²) >= 11 is 0. The average molecular weight is 259 g/mol. The number of hydrogen-bond acceptors (Lipinski definition) is 4. The van der Waals surface area contributed by atoms with Gasteiger partial charge in [0.1, 0.15) is 0 Å². The predicted octanol–water partition coefficient (Wildman–Crippen LogP) is 1.39. The molecule has 0 fully saturated rings. The standard InChI is InChI=1S/C11H14N2O3.ClH/c1-12-5-4-11(14)13-8-2-3-9-10(6-8)16-7-15-9;/h2-3,6,12H,4-5,7H2,1H3,(H,13,14);1H. The van der Waals surface area contributed by atoms with Crippen LogP contribution in [0.25, 0.3) is 0 Å². The van der Waals surface area contributed by atoms with Crippen molar-refractivity contribution in [2.75, 3.05) is 25.7 Å². The highest BCUT2D eigenvalue weighted by Crippen LogP contribution is 2.34. The fourth-order valence-electron chi connectivity index (χ4n) is 1.44. The molecular weight excluding hydrogens is 244 g/mol. The molecule has 2 N–H and O–H groups in total. The van der Waals surface area contributed by atoms with Gasteiger partial charge in [0, 0.05) is 24.7 Å². The monoisotopic (exact) mass is 258 g/mol. The van der Waals surface area contributed by atoms with Crippen LogP contribution >= 0.6 is 12.4 Å². The molecule has 1 aromatic carbocycles. The molecule has 0 unspecified atom stereocenters. The fourth-order valence-corrected chi connectivity index (χ4v) is 1.44. The topological polar surface area (TPSA) is 59.6 Å². The number of rotatable bonds is 4. The zero-order valence-corrected chi connectivity index (χ0v) is 10.3. The molecule has 1 aliphatic rings. The maximum absolute atomic E-state index is 11.4. The summed E-state index contributed by atoms with van der Waals surface area (Å²) in [5.41, 5.74) is 0.727. The van der Waals surface area contributed by atoms with Crippen molar-refractivity contribution in [1.29, 1.82) is 0 Å². The first-order chi connectivity index (χ1) is 7.79. The predicted molar refractivity (Wildman–Crippen MR) is 67.0 cm³/mol. The van der Waals surface area contributed by atoms with E-state index in [2.05, 4.69) is 10.6 Å². The normalized spacial score (nSPS) is 11.8. The number of hydrogen-bond donors (Lipinski definition) is 2. The quantitative estimate of drug-likeness (QED) is 0.857. The molecule has 0 saturated carbocycles. The van der Waals surface area contributed by atoms with Gasteiger partial charge in [0.25, 0.3) is 0 Å². The van der Waals surface area contributed by atoms with E-state index in [0.29, 0.717) is 24.5 Å². The maximum Gasteiger partial charge on any atom is 0.231 e. The van der Waals surface area contributed by atoms with Crippen molar-refractivity contribution in [2.24, 2.45) is 0 Å². The first-order valence-electron chi connectivity index (χ1n) is 5.13. The van der Waals surface area contributed by atoms with Crippen molar-refractivity contribution in [3.05, 3.63) is 18.2 Å². The molecule has 17 heavy (non-hydrogen) atoms. The van der Waals surface area contributed by atoms with Crippen LogP contribution in [0.4, 0.5) is 5.69 Å². The highest BCUT2D eigenvalue weighted by atomic mass is 35.5. The van der Waals surface area contributed by atoms with Crippen LogP contribution < -0.4 is 20.1 Å². The number of ether oxygens (including phenoxy) is 2. The molecule has 0 aliphatic carbocycles. The minimum atomic E-state index is -0.0202. The van der Waals surface area contributed by atoms with Crippen LogP contribution in [0.15, 0.2) is 18.2 Å². The van der Waals surface area contributed by atoms with Crippen LogP contribution in [-0.4, -0.2) is 26.3 Å². The zero-order chi connectivity index (χ0) is 11.4. The molecule has 0 atom stereocenters. The smallest absolute Gasteiger partial charge is 0.231 e. The number of fused-ring (bicyclic) bond motifs is 1. The van der Waals surface area contributed by atoms with E-state index in [1.54, 1.807) is 18.2 Å². The summed E-state index contributed by atoms with van der Waals surface area (Å²) in [5, 5.41) is 5.71. The van der Waals surface area contributed by atoms with E-state index in [0.717, 1.165) is 5.69 Å². The molecule has 1 heterocycles. The van der Waals surface area contributed by atoms with Crippen molar-refractivity contribution in [2.45, 2.75) is 6.42 Å². The van der Waals surface area contributed by atoms with Gasteiger partial charge in [-0.3, -0.25) is 4.79 Å². The number of anilines is 1. The largest absolute Gasteiger partial charge is 0.454 e. The Labute approximate surface area is 106 Å². The lowest BCUT2D eigenvalue weighted by molar-refractivity contribution is -0.116. The van der Waals surface area contributed by atoms with Gasteiger partial charge < -0.3 is 20.1 Å². The second-order valence-corrected chi connectivity index (χ2v) is 3.47. The minimum absolute atomic E-state index is 0. The summed E-state index contributed by atoms with van der Waals surface area (Å²) < 4.78 is 10.4. The molecule has 6 heteroatoms. The molecule has 5 nitrogen and oxygen atoms in total. The molecule has 0 spiro atoms. The SMILES string of the molecule is CNCCC(=O)Nc1ccc2c(c1)OCO2.Cl. The van der Waals surface area contributed by atoms with Gasteiger partial charge in [-0.25, -0.2) is 0 Å². The fraction of sp³-hybridized carbons (Fsp3) is 0.364. The Morgan fingerprint density at radius 2 is 2.12 bits per heavy atom. The maximum atomic E-state index is 11.4. The van der Waals surface area contributed by atoms with Gasteiger partial charge >= 0.3 is 0 Å². The Balaban J connectivity index is 0.00000144. The van der Waals surface area contributed by atoms with Crippen LogP contribution in [0.1, 0.15) is 6.42 Å². The van der Waals surface area contributed by atoms with E-state index < -0.39 is 0 Å². The Kier molecular flexibility index (Phi) is 5.06. The van der Waals surface area contributed by atoms with Crippen molar-refractivity contribution >= 4 is 24.0 Å². The van der Waals surface area contributed by atoms with Gasteiger partial charge in [0.15, 0.2) is 11.5 Å². The third kappa shape index (κ3) is 3.51. The van der Waals surface area contributed by atoms with E-state index in [4.69, 9.17) is 9.47 Å². The molecule has 0 bridgehead atoms. The molecule has 1 aliphatic heterocycles. The minimum Gasteiger partial charge on any atom is -0.454 e. The van der Waals surface area contributed by atoms with E-state index in [1.807, 2.05) is 7.05 Å². The number of benzene rings is 1. The van der Waals surface area contributed by atoms with E-state index >= 15 is 0 Å². The number of carbonyl (C=O) groups excluding carboxylic acids is 1. The van der Waals surface area contributed by atoms with Crippen molar-refractivity contribution in [3.63, 3.8) is 0 Å². The highest BCUT2D eigenvalue weighted by Gasteiger charge is 2.13. The molecule has 1 aromatic rings. The van der Waals surface area contributed by atoms with Gasteiger partial charge in [0.05, 0.1) is 0 Å². The molecule has 2 rings (SSSR count). The molecule has 94 valence electrons. The summed E-state index contributed by atoms with van der Waals surface area (Å²) in [6.45, 7) is 0.906. The lowest BCUT2D eigenvalue weighted by Gasteiger charge is -2.05. The summed E-state index contributed by atoms with van der Waals surface area (Å²) in [4.78, 5) is 11.4. The van der Waals surface area contributed by atoms with Crippen molar-refractivity contribution < 1.29 is 14.3 Å². The van der Waals surface area contributed by atoms with Crippen LogP contribution in [-0.2, 0) is 4.79 Å². The Bertz CT molecular complexity index is 398. The lowest BCUT2D eigenvalue weighted by atomic mass is 10.2. The molecule has 0 radical (unpaired) electrons. The summed E-state index contributed by atoms with van der Waals surface area (Å²) in [7, 11) is 1.81. The first kappa shape index (κ1) is 13.6. The Morgan fingerprint density at radius 1 is 1.35 bits per heavy atom. The van der Waals surface area contributed by atoms with E-state index in [1.165, 1.54) is 0 Å². The number of nitrogens with one attached hydrogen (secondary N) is 2. The molecule has 0 aromatic heterocycles. The van der Waals surface area contributed by atoms with E-state index in [-0.39, 0.29) is 25.1 Å². The highest BCUT2D eigenvalue weighted by molar-refractivity contribution is 5.91. The van der Waals surface area contributed by atoms with Gasteiger partial charge in [-0.05, 0) is 19.2 Å². The number of halogens is 1. The summed E-state index contributed by atoms with van der Waals surface area (Å²) in [5.74, 6) is 1.37. The Hall–Kier alpha value is -1.46. The van der Waals surface area contributed by atoms with Crippen LogP contribution in [0.5, 0.6) is 11.5 Å². The zero-order valence-electron chi connectivity index (χ0n) is 9.49. The summed E-state index contributed by atoms with van der Waals surface area (Å²) in [6.07, 6.45) is 0.449. The third-order valence-corrected chi connectivity index (χ3v) is 2.26. The van der Waals surface area contributed by atoms with Crippen molar-refractivity contribution in [3.8, 4) is 11.5 Å². The van der Waals surface area contributed by atoms with Gasteiger partial charge in [0.2, 0.25) is 12.7 Å². The van der Waals surface area contributed by atoms with Gasteiger partial charge in [-0.15, -0.1) is 12.4 Å². The average Bonchev–Trinajstić information content (AvgIpc) is 2.73. The van der Waals surface area contributed by atoms with E-state index in [9.17, 15) is 4.79 Å². The molecule has 0 saturated heterocycles. The van der Waals surface area contributed by atoms with Crippen LogP contribution in [0.3, 0.4) is 0 Å². The molecule has 1 amide bonds. The van der Waals surface area contributed by atoms with Crippen LogP contribution in [0, 0.1) is 0 Å². The molecular formula is C11H15ClN2O3. The third-order valence-electron chi connectivity index (χ3n) is 2.26.